The minimum Gasteiger partial charge on any atom is -0.309 e. The fraction of sp³-hybridized carbons (Fsp3) is 0.0189. The lowest BCUT2D eigenvalue weighted by atomic mass is 9.97. The highest BCUT2D eigenvalue weighted by atomic mass is 19.4. The molecule has 0 aliphatic rings. The van der Waals surface area contributed by atoms with Gasteiger partial charge in [0.1, 0.15) is 5.56 Å². The molecular formula is C53H26F8N10. The van der Waals surface area contributed by atoms with E-state index in [4.69, 9.17) is 0 Å². The van der Waals surface area contributed by atoms with Gasteiger partial charge in [0.05, 0.1) is 39.0 Å². The molecule has 12 aromatic rings. The number of nitrogens with zero attached hydrogens (tertiary/aromatic N) is 10. The van der Waals surface area contributed by atoms with Crippen molar-refractivity contribution in [2.24, 2.45) is 0 Å². The van der Waals surface area contributed by atoms with Crippen LogP contribution in [0.1, 0.15) is 5.56 Å². The Morgan fingerprint density at radius 3 is 0.859 bits per heavy atom. The van der Waals surface area contributed by atoms with Crippen LogP contribution in [-0.4, -0.2) is 49.0 Å². The van der Waals surface area contributed by atoms with E-state index in [1.54, 1.807) is 97.1 Å². The summed E-state index contributed by atoms with van der Waals surface area (Å²) in [5, 5.41) is 1.56. The Bertz CT molecular complexity index is 3650. The van der Waals surface area contributed by atoms with Gasteiger partial charge in [-0.1, -0.05) is 0 Å². The molecule has 0 saturated carbocycles. The van der Waals surface area contributed by atoms with Crippen molar-refractivity contribution in [2.75, 3.05) is 0 Å². The number of halogens is 8. The number of aromatic nitrogens is 10. The van der Waals surface area contributed by atoms with E-state index in [2.05, 4.69) is 39.9 Å². The van der Waals surface area contributed by atoms with Gasteiger partial charge >= 0.3 is 6.18 Å². The molecular weight excluding hydrogens is 929 g/mol. The van der Waals surface area contributed by atoms with Gasteiger partial charge in [0.25, 0.3) is 0 Å². The maximum atomic E-state index is 16.7. The lowest BCUT2D eigenvalue weighted by Crippen LogP contribution is -2.16. The van der Waals surface area contributed by atoms with Crippen LogP contribution in [0.5, 0.6) is 0 Å². The predicted molar refractivity (Wildman–Crippen MR) is 249 cm³/mol. The van der Waals surface area contributed by atoms with Gasteiger partial charge in [0, 0.05) is 93.4 Å². The Kier molecular flexibility index (Phi) is 9.95. The Labute approximate surface area is 394 Å². The van der Waals surface area contributed by atoms with E-state index in [1.165, 1.54) is 58.7 Å². The Morgan fingerprint density at radius 2 is 0.592 bits per heavy atom. The predicted octanol–water partition coefficient (Wildman–Crippen LogP) is 13.1. The van der Waals surface area contributed by atoms with Gasteiger partial charge in [-0.3, -0.25) is 0 Å². The number of rotatable bonds is 7. The zero-order chi connectivity index (χ0) is 48.7. The van der Waals surface area contributed by atoms with Crippen LogP contribution in [0.3, 0.4) is 0 Å². The molecule has 0 aliphatic heterocycles. The molecule has 0 unspecified atom stereocenters. The van der Waals surface area contributed by atoms with Crippen molar-refractivity contribution in [1.82, 2.24) is 49.0 Å². The molecule has 6 heterocycles. The number of benzene rings is 6. The summed E-state index contributed by atoms with van der Waals surface area (Å²) >= 11 is 0. The minimum absolute atomic E-state index is 0.166. The molecule has 0 radical (unpaired) electrons. The Morgan fingerprint density at radius 1 is 0.324 bits per heavy atom. The van der Waals surface area contributed by atoms with Gasteiger partial charge in [-0.05, 0) is 115 Å². The first-order valence-electron chi connectivity index (χ1n) is 21.5. The first kappa shape index (κ1) is 43.0. The van der Waals surface area contributed by atoms with Crippen LogP contribution in [0, 0.1) is 29.1 Å². The van der Waals surface area contributed by atoms with Crippen LogP contribution in [0.4, 0.5) is 35.1 Å². The second-order valence-electron chi connectivity index (χ2n) is 16.2. The third kappa shape index (κ3) is 7.01. The van der Waals surface area contributed by atoms with Gasteiger partial charge in [-0.15, -0.1) is 0 Å². The summed E-state index contributed by atoms with van der Waals surface area (Å²) in [5.41, 5.74) is -2.29. The molecule has 0 fully saturated rings. The molecule has 0 N–H and O–H groups in total. The standard InChI is InChI=1S/C53H26F8N10/c54-44-42(45(55)47(57)48(58)46(44)56)31-25-40(70-36-9-5-27(49-62-13-1-14-63-49)21-32(36)33-22-28(6-10-37(33)70)50-64-15-2-16-65-50)43(53(59,60)61)41(26-31)71-38-11-7-29(51-66-17-3-18-67-51)23-34(38)35-24-30(8-12-39(35)71)52-68-19-4-20-69-52/h1-26H. The molecule has 0 bridgehead atoms. The molecule has 10 nitrogen and oxygen atoms in total. The largest absolute Gasteiger partial charge is 0.420 e. The average Bonchev–Trinajstić information content (AvgIpc) is 3.91. The molecule has 0 spiro atoms. The molecule has 0 amide bonds. The summed E-state index contributed by atoms with van der Waals surface area (Å²) in [7, 11) is 0. The molecule has 0 saturated heterocycles. The highest BCUT2D eigenvalue weighted by molar-refractivity contribution is 6.13. The summed E-state index contributed by atoms with van der Waals surface area (Å²) in [4.78, 5) is 34.9. The Balaban J connectivity index is 1.24. The molecule has 344 valence electrons. The van der Waals surface area contributed by atoms with Gasteiger partial charge in [-0.25, -0.2) is 61.8 Å². The van der Waals surface area contributed by atoms with Crippen molar-refractivity contribution in [2.45, 2.75) is 6.18 Å². The zero-order valence-corrected chi connectivity index (χ0v) is 36.0. The van der Waals surface area contributed by atoms with E-state index in [9.17, 15) is 4.39 Å². The molecule has 18 heteroatoms. The second kappa shape index (κ2) is 16.4. The Hall–Kier alpha value is -9.32. The van der Waals surface area contributed by atoms with Crippen molar-refractivity contribution in [3.63, 3.8) is 0 Å². The lowest BCUT2D eigenvalue weighted by molar-refractivity contribution is -0.137. The van der Waals surface area contributed by atoms with E-state index in [-0.39, 0.29) is 22.1 Å². The first-order valence-corrected chi connectivity index (χ1v) is 21.5. The van der Waals surface area contributed by atoms with E-state index < -0.39 is 63.3 Å². The van der Waals surface area contributed by atoms with Gasteiger partial charge < -0.3 is 9.13 Å². The molecule has 0 aliphatic carbocycles. The van der Waals surface area contributed by atoms with Crippen molar-refractivity contribution in [1.29, 1.82) is 0 Å². The maximum absolute atomic E-state index is 16.7. The van der Waals surface area contributed by atoms with E-state index in [0.717, 1.165) is 12.1 Å². The van der Waals surface area contributed by atoms with Crippen molar-refractivity contribution in [3.05, 3.63) is 193 Å². The summed E-state index contributed by atoms with van der Waals surface area (Å²) < 4.78 is 130. The third-order valence-corrected chi connectivity index (χ3v) is 12.2. The van der Waals surface area contributed by atoms with E-state index in [0.29, 0.717) is 67.1 Å². The van der Waals surface area contributed by atoms with Crippen LogP contribution >= 0.6 is 0 Å². The number of hydrogen-bond acceptors (Lipinski definition) is 8. The van der Waals surface area contributed by atoms with Gasteiger partial charge in [0.15, 0.2) is 46.6 Å². The maximum Gasteiger partial charge on any atom is 0.420 e. The molecule has 12 rings (SSSR count). The van der Waals surface area contributed by atoms with Gasteiger partial charge in [0.2, 0.25) is 5.82 Å². The smallest absolute Gasteiger partial charge is 0.309 e. The normalized spacial score (nSPS) is 11.9. The lowest BCUT2D eigenvalue weighted by Gasteiger charge is -2.23. The highest BCUT2D eigenvalue weighted by Gasteiger charge is 2.40. The summed E-state index contributed by atoms with van der Waals surface area (Å²) in [6, 6.07) is 27.4. The average molecular weight is 955 g/mol. The SMILES string of the molecule is Fc1c(F)c(F)c(-c2cc(-n3c4ccc(-c5ncccn5)cc4c4cc(-c5ncccn5)ccc43)c(C(F)(F)F)c(-n3c4ccc(-c5ncccn5)cc4c4cc(-c5ncccn5)ccc43)c2)c(F)c1F. The van der Waals surface area contributed by atoms with Crippen LogP contribution in [0.15, 0.2) is 159 Å². The van der Waals surface area contributed by atoms with Crippen LogP contribution in [0.2, 0.25) is 0 Å². The highest BCUT2D eigenvalue weighted by Crippen LogP contribution is 2.48. The van der Waals surface area contributed by atoms with Crippen LogP contribution in [0.25, 0.3) is 112 Å². The summed E-state index contributed by atoms with van der Waals surface area (Å²) in [5.74, 6) is -10.3. The summed E-state index contributed by atoms with van der Waals surface area (Å²) in [6.45, 7) is 0. The molecule has 6 aromatic carbocycles. The number of fused-ring (bicyclic) bond motifs is 6. The topological polar surface area (TPSA) is 113 Å². The third-order valence-electron chi connectivity index (χ3n) is 12.2. The number of hydrogen-bond donors (Lipinski definition) is 0. The first-order chi connectivity index (χ1) is 34.4. The number of alkyl halides is 3. The van der Waals surface area contributed by atoms with E-state index >= 15 is 30.7 Å². The van der Waals surface area contributed by atoms with Crippen molar-refractivity contribution in [3.8, 4) is 68.1 Å². The second-order valence-corrected chi connectivity index (χ2v) is 16.2. The molecule has 71 heavy (non-hydrogen) atoms. The quantitative estimate of drug-likeness (QED) is 0.0882. The fourth-order valence-corrected chi connectivity index (χ4v) is 9.17. The van der Waals surface area contributed by atoms with Crippen molar-refractivity contribution < 1.29 is 35.1 Å². The van der Waals surface area contributed by atoms with Crippen LogP contribution in [-0.2, 0) is 6.18 Å². The fourth-order valence-electron chi connectivity index (χ4n) is 9.17. The monoisotopic (exact) mass is 954 g/mol. The molecule has 0 atom stereocenters. The zero-order valence-electron chi connectivity index (χ0n) is 36.0. The summed E-state index contributed by atoms with van der Waals surface area (Å²) in [6.07, 6.45) is 6.97. The van der Waals surface area contributed by atoms with Gasteiger partial charge in [-0.2, -0.15) is 13.2 Å². The van der Waals surface area contributed by atoms with Crippen LogP contribution < -0.4 is 0 Å². The molecule has 6 aromatic heterocycles. The van der Waals surface area contributed by atoms with E-state index in [1.807, 2.05) is 0 Å². The van der Waals surface area contributed by atoms with Crippen molar-refractivity contribution >= 4 is 43.6 Å². The minimum atomic E-state index is -5.28.